The first-order chi connectivity index (χ1) is 4.83. The molecule has 1 N–H and O–H groups in total. The van der Waals surface area contributed by atoms with Crippen molar-refractivity contribution in [2.45, 2.75) is 38.8 Å². The lowest BCUT2D eigenvalue weighted by atomic mass is 9.95. The Morgan fingerprint density at radius 1 is 1.36 bits per heavy atom. The van der Waals surface area contributed by atoms with Crippen LogP contribution in [0, 0.1) is 0 Å². The fourth-order valence-electron chi connectivity index (χ4n) is 1.27. The van der Waals surface area contributed by atoms with Gasteiger partial charge >= 0.3 is 0 Å². The number of hydrogen-bond donors (Lipinski definition) is 1. The lowest BCUT2D eigenvalue weighted by molar-refractivity contribution is -0.124. The molecule has 62 valence electrons. The minimum absolute atomic E-state index is 0.100. The molecule has 3 nitrogen and oxygen atoms in total. The first-order valence-corrected chi connectivity index (χ1v) is 3.72. The summed E-state index contributed by atoms with van der Waals surface area (Å²) in [6, 6.07) is 0. The van der Waals surface area contributed by atoms with Gasteiger partial charge in [0.15, 0.2) is 0 Å². The smallest absolute Gasteiger partial charge is 0.265 e. The summed E-state index contributed by atoms with van der Waals surface area (Å²) >= 11 is 0. The van der Waals surface area contributed by atoms with E-state index in [0.717, 1.165) is 0 Å². The van der Waals surface area contributed by atoms with Crippen LogP contribution in [0.2, 0.25) is 0 Å². The molecule has 0 bridgehead atoms. The summed E-state index contributed by atoms with van der Waals surface area (Å²) in [6.45, 7) is 7.66. The Labute approximate surface area is 66.9 Å². The number of hydrogen-bond acceptors (Lipinski definition) is 2. The van der Waals surface area contributed by atoms with E-state index < -0.39 is 5.54 Å². The third-order valence-corrected chi connectivity index (χ3v) is 1.67. The lowest BCUT2D eigenvalue weighted by Gasteiger charge is -2.35. The summed E-state index contributed by atoms with van der Waals surface area (Å²) in [5.74, 6) is -0.100. The normalized spacial score (nSPS) is 27.1. The zero-order chi connectivity index (χ0) is 8.70. The van der Waals surface area contributed by atoms with Gasteiger partial charge in [0.05, 0.1) is 5.54 Å². The Balaban J connectivity index is 2.94. The molecule has 0 fully saturated rings. The minimum Gasteiger partial charge on any atom is -0.294 e. The quantitative estimate of drug-likeness (QED) is 0.559. The molecule has 1 heterocycles. The fraction of sp³-hybridized carbons (Fsp3) is 0.750. The van der Waals surface area contributed by atoms with Crippen LogP contribution in [-0.2, 0) is 4.79 Å². The second kappa shape index (κ2) is 2.14. The monoisotopic (exact) mass is 154 g/mol. The SMILES string of the molecule is CC1(C)C=NC(=O)C(C)(C)N1. The van der Waals surface area contributed by atoms with Crippen molar-refractivity contribution in [1.29, 1.82) is 0 Å². The van der Waals surface area contributed by atoms with Gasteiger partial charge in [0.25, 0.3) is 5.91 Å². The second-order valence-corrected chi connectivity index (χ2v) is 4.04. The van der Waals surface area contributed by atoms with Crippen molar-refractivity contribution in [3.8, 4) is 0 Å². The van der Waals surface area contributed by atoms with Gasteiger partial charge in [-0.1, -0.05) is 0 Å². The van der Waals surface area contributed by atoms with Crippen molar-refractivity contribution < 1.29 is 4.79 Å². The van der Waals surface area contributed by atoms with E-state index in [9.17, 15) is 4.79 Å². The third kappa shape index (κ3) is 1.66. The van der Waals surface area contributed by atoms with Crippen molar-refractivity contribution in [3.05, 3.63) is 0 Å². The molecule has 1 rings (SSSR count). The molecule has 11 heavy (non-hydrogen) atoms. The van der Waals surface area contributed by atoms with Crippen LogP contribution in [0.25, 0.3) is 0 Å². The Kier molecular flexibility index (Phi) is 1.63. The maximum atomic E-state index is 11.1. The van der Waals surface area contributed by atoms with E-state index in [2.05, 4.69) is 10.3 Å². The van der Waals surface area contributed by atoms with Crippen molar-refractivity contribution in [2.24, 2.45) is 4.99 Å². The number of nitrogens with zero attached hydrogens (tertiary/aromatic N) is 1. The van der Waals surface area contributed by atoms with Crippen LogP contribution < -0.4 is 5.32 Å². The van der Waals surface area contributed by atoms with Gasteiger partial charge in [-0.2, -0.15) is 0 Å². The summed E-state index contributed by atoms with van der Waals surface area (Å²) < 4.78 is 0. The summed E-state index contributed by atoms with van der Waals surface area (Å²) in [5, 5.41) is 3.18. The van der Waals surface area contributed by atoms with Crippen LogP contribution in [-0.4, -0.2) is 23.2 Å². The molecule has 0 spiro atoms. The maximum absolute atomic E-state index is 11.1. The van der Waals surface area contributed by atoms with E-state index in [-0.39, 0.29) is 11.4 Å². The number of amides is 1. The number of rotatable bonds is 0. The topological polar surface area (TPSA) is 41.5 Å². The van der Waals surface area contributed by atoms with Crippen molar-refractivity contribution in [1.82, 2.24) is 5.32 Å². The molecule has 1 aliphatic heterocycles. The predicted molar refractivity (Wildman–Crippen MR) is 44.8 cm³/mol. The van der Waals surface area contributed by atoms with Crippen molar-refractivity contribution >= 4 is 12.1 Å². The van der Waals surface area contributed by atoms with Crippen molar-refractivity contribution in [2.75, 3.05) is 0 Å². The predicted octanol–water partition coefficient (Wildman–Crippen LogP) is 0.744. The Hall–Kier alpha value is -0.700. The molecule has 0 aromatic heterocycles. The van der Waals surface area contributed by atoms with Gasteiger partial charge in [-0.05, 0) is 27.7 Å². The third-order valence-electron chi connectivity index (χ3n) is 1.67. The summed E-state index contributed by atoms with van der Waals surface area (Å²) in [5.41, 5.74) is -0.685. The summed E-state index contributed by atoms with van der Waals surface area (Å²) in [7, 11) is 0. The van der Waals surface area contributed by atoms with E-state index in [1.54, 1.807) is 6.21 Å². The van der Waals surface area contributed by atoms with Crippen molar-refractivity contribution in [3.63, 3.8) is 0 Å². The lowest BCUT2D eigenvalue weighted by Crippen LogP contribution is -2.59. The zero-order valence-corrected chi connectivity index (χ0v) is 7.43. The Bertz CT molecular complexity index is 216. The number of carbonyl (C=O) groups excluding carboxylic acids is 1. The van der Waals surface area contributed by atoms with Gasteiger partial charge in [0.1, 0.15) is 0 Å². The van der Waals surface area contributed by atoms with Crippen LogP contribution in [0.5, 0.6) is 0 Å². The molecule has 1 aliphatic rings. The molecule has 0 aromatic rings. The molecule has 0 saturated heterocycles. The molecule has 1 amide bonds. The fourth-order valence-corrected chi connectivity index (χ4v) is 1.27. The zero-order valence-electron chi connectivity index (χ0n) is 7.43. The highest BCUT2D eigenvalue weighted by Gasteiger charge is 2.36. The van der Waals surface area contributed by atoms with E-state index >= 15 is 0 Å². The minimum atomic E-state index is -0.516. The molecule has 3 heteroatoms. The number of aliphatic imine (C=N–C) groups is 1. The molecule has 0 radical (unpaired) electrons. The van der Waals surface area contributed by atoms with Gasteiger partial charge in [0, 0.05) is 11.8 Å². The van der Waals surface area contributed by atoms with E-state index in [1.807, 2.05) is 27.7 Å². The molecule has 0 aromatic carbocycles. The second-order valence-electron chi connectivity index (χ2n) is 4.04. The van der Waals surface area contributed by atoms with Gasteiger partial charge in [-0.25, -0.2) is 4.99 Å². The number of nitrogens with one attached hydrogen (secondary N) is 1. The molecule has 0 aliphatic carbocycles. The van der Waals surface area contributed by atoms with Crippen LogP contribution in [0.1, 0.15) is 27.7 Å². The van der Waals surface area contributed by atoms with E-state index in [1.165, 1.54) is 0 Å². The average molecular weight is 154 g/mol. The van der Waals surface area contributed by atoms with E-state index in [4.69, 9.17) is 0 Å². The highest BCUT2D eigenvalue weighted by Crippen LogP contribution is 2.15. The maximum Gasteiger partial charge on any atom is 0.265 e. The highest BCUT2D eigenvalue weighted by molar-refractivity contribution is 5.96. The first kappa shape index (κ1) is 8.40. The first-order valence-electron chi connectivity index (χ1n) is 3.72. The average Bonchev–Trinajstić information content (AvgIpc) is 1.77. The van der Waals surface area contributed by atoms with Crippen LogP contribution in [0.15, 0.2) is 4.99 Å². The van der Waals surface area contributed by atoms with E-state index in [0.29, 0.717) is 0 Å². The van der Waals surface area contributed by atoms with Gasteiger partial charge < -0.3 is 0 Å². The molecular weight excluding hydrogens is 140 g/mol. The van der Waals surface area contributed by atoms with Crippen LogP contribution in [0.4, 0.5) is 0 Å². The molecular formula is C8H14N2O. The molecule has 0 saturated carbocycles. The Morgan fingerprint density at radius 2 is 1.91 bits per heavy atom. The molecule has 0 atom stereocenters. The largest absolute Gasteiger partial charge is 0.294 e. The molecule has 0 unspecified atom stereocenters. The summed E-state index contributed by atoms with van der Waals surface area (Å²) in [6.07, 6.45) is 1.65. The standard InChI is InChI=1S/C8H14N2O/c1-7(2)5-9-6(11)8(3,4)10-7/h5,10H,1-4H3. The highest BCUT2D eigenvalue weighted by atomic mass is 16.2. The summed E-state index contributed by atoms with van der Waals surface area (Å²) in [4.78, 5) is 15.0. The van der Waals surface area contributed by atoms with Crippen LogP contribution >= 0.6 is 0 Å². The van der Waals surface area contributed by atoms with Gasteiger partial charge in [0.2, 0.25) is 0 Å². The van der Waals surface area contributed by atoms with Gasteiger partial charge in [-0.15, -0.1) is 0 Å². The Morgan fingerprint density at radius 3 is 2.27 bits per heavy atom. The number of carbonyl (C=O) groups is 1. The van der Waals surface area contributed by atoms with Crippen LogP contribution in [0.3, 0.4) is 0 Å². The van der Waals surface area contributed by atoms with Gasteiger partial charge in [-0.3, -0.25) is 10.1 Å².